The minimum Gasteiger partial charge on any atom is -0.439 e. The van der Waals surface area contributed by atoms with E-state index >= 15 is 0 Å². The van der Waals surface area contributed by atoms with E-state index in [4.69, 9.17) is 29.0 Å². The van der Waals surface area contributed by atoms with Crippen molar-refractivity contribution in [3.8, 4) is 0 Å². The zero-order valence-corrected chi connectivity index (χ0v) is 18.4. The molecule has 4 nitrogen and oxygen atoms in total. The topological polar surface area (TPSA) is 53.9 Å². The molecule has 0 aliphatic carbocycles. The number of ether oxygens (including phenoxy) is 1. The fraction of sp³-hybridized carbons (Fsp3) is 0.136. The van der Waals surface area contributed by atoms with Gasteiger partial charge in [0.1, 0.15) is 0 Å². The predicted molar refractivity (Wildman–Crippen MR) is 122 cm³/mol. The van der Waals surface area contributed by atoms with Gasteiger partial charge in [-0.1, -0.05) is 82.1 Å². The monoisotopic (exact) mass is 488 g/mol. The Bertz CT molecular complexity index is 1030. The second-order valence-corrected chi connectivity index (χ2v) is 8.73. The molecular formula is C22H18BrClN2O2S. The van der Waals surface area contributed by atoms with E-state index in [1.165, 1.54) is 0 Å². The lowest BCUT2D eigenvalue weighted by Gasteiger charge is -2.33. The Morgan fingerprint density at radius 2 is 1.66 bits per heavy atom. The molecule has 0 aromatic heterocycles. The molecule has 1 heterocycles. The lowest BCUT2D eigenvalue weighted by Crippen LogP contribution is -2.42. The average molecular weight is 490 g/mol. The second-order valence-electron chi connectivity index (χ2n) is 6.71. The van der Waals surface area contributed by atoms with Crippen molar-refractivity contribution in [1.29, 1.82) is 0 Å². The summed E-state index contributed by atoms with van der Waals surface area (Å²) in [7, 11) is 0. The van der Waals surface area contributed by atoms with Gasteiger partial charge in [-0.2, -0.15) is 0 Å². The molecule has 0 fully saturated rings. The molecule has 0 amide bonds. The van der Waals surface area contributed by atoms with Crippen LogP contribution in [-0.4, -0.2) is 16.1 Å². The smallest absolute Gasteiger partial charge is 0.253 e. The van der Waals surface area contributed by atoms with Crippen molar-refractivity contribution in [2.24, 2.45) is 5.10 Å². The van der Waals surface area contributed by atoms with Crippen molar-refractivity contribution in [3.05, 3.63) is 105 Å². The highest BCUT2D eigenvalue weighted by Crippen LogP contribution is 2.42. The molecule has 7 heteroatoms. The van der Waals surface area contributed by atoms with Crippen LogP contribution in [0.5, 0.6) is 0 Å². The first-order chi connectivity index (χ1) is 14.0. The molecule has 3 aromatic carbocycles. The second kappa shape index (κ2) is 8.40. The Labute approximate surface area is 188 Å². The van der Waals surface area contributed by atoms with Gasteiger partial charge in [0.25, 0.3) is 5.06 Å². The van der Waals surface area contributed by atoms with E-state index in [1.54, 1.807) is 24.3 Å². The van der Waals surface area contributed by atoms with Crippen LogP contribution < -0.4 is 5.43 Å². The van der Waals surface area contributed by atoms with E-state index in [1.807, 2.05) is 54.6 Å². The van der Waals surface area contributed by atoms with Crippen molar-refractivity contribution < 1.29 is 9.84 Å². The van der Waals surface area contributed by atoms with Gasteiger partial charge in [-0.15, -0.1) is 17.7 Å². The predicted octanol–water partition coefficient (Wildman–Crippen LogP) is 5.48. The number of hydrogen-bond acceptors (Lipinski definition) is 5. The van der Waals surface area contributed by atoms with Gasteiger partial charge in [-0.05, 0) is 41.0 Å². The third-order valence-corrected chi connectivity index (χ3v) is 5.91. The number of aliphatic hydroxyl groups is 1. The van der Waals surface area contributed by atoms with Gasteiger partial charge in [0, 0.05) is 9.50 Å². The van der Waals surface area contributed by atoms with Crippen LogP contribution in [0, 0.1) is 0 Å². The first-order valence-corrected chi connectivity index (χ1v) is 10.6. The van der Waals surface area contributed by atoms with E-state index < -0.39 is 11.2 Å². The van der Waals surface area contributed by atoms with Crippen molar-refractivity contribution >= 4 is 46.1 Å². The third-order valence-electron chi connectivity index (χ3n) is 4.71. The average Bonchev–Trinajstić information content (AvgIpc) is 3.12. The fourth-order valence-electron chi connectivity index (χ4n) is 3.34. The van der Waals surface area contributed by atoms with E-state index in [0.29, 0.717) is 10.6 Å². The minimum atomic E-state index is -1.18. The number of benzene rings is 3. The van der Waals surface area contributed by atoms with Crippen LogP contribution in [0.4, 0.5) is 0 Å². The Hall–Kier alpha value is -1.99. The van der Waals surface area contributed by atoms with Crippen LogP contribution >= 0.6 is 40.2 Å². The molecular weight excluding hydrogens is 472 g/mol. The minimum absolute atomic E-state index is 0.151. The molecule has 1 aliphatic rings. The van der Waals surface area contributed by atoms with Crippen LogP contribution in [-0.2, 0) is 4.74 Å². The summed E-state index contributed by atoms with van der Waals surface area (Å²) in [6.07, 6.45) is -1.03. The molecule has 0 spiro atoms. The number of thiol groups is 1. The van der Waals surface area contributed by atoms with E-state index in [9.17, 15) is 5.11 Å². The molecule has 3 aromatic rings. The summed E-state index contributed by atoms with van der Waals surface area (Å²) in [5.74, 6) is -0.138. The van der Waals surface area contributed by atoms with E-state index in [-0.39, 0.29) is 11.8 Å². The maximum Gasteiger partial charge on any atom is 0.253 e. The van der Waals surface area contributed by atoms with Crippen molar-refractivity contribution in [3.63, 3.8) is 0 Å². The van der Waals surface area contributed by atoms with Crippen LogP contribution in [0.3, 0.4) is 0 Å². The third kappa shape index (κ3) is 4.31. The number of halogens is 2. The molecule has 148 valence electrons. The van der Waals surface area contributed by atoms with Crippen molar-refractivity contribution in [2.45, 2.75) is 17.1 Å². The van der Waals surface area contributed by atoms with Gasteiger partial charge in [0.05, 0.1) is 5.92 Å². The maximum atomic E-state index is 10.7. The summed E-state index contributed by atoms with van der Waals surface area (Å²) in [6.45, 7) is 0. The van der Waals surface area contributed by atoms with E-state index in [2.05, 4.69) is 26.5 Å². The summed E-state index contributed by atoms with van der Waals surface area (Å²) in [5.41, 5.74) is 5.62. The maximum absolute atomic E-state index is 10.7. The molecule has 0 bridgehead atoms. The summed E-state index contributed by atoms with van der Waals surface area (Å²) >= 11 is 14.3. The van der Waals surface area contributed by atoms with Crippen molar-refractivity contribution in [2.75, 3.05) is 0 Å². The first kappa shape index (κ1) is 20.3. The highest BCUT2D eigenvalue weighted by atomic mass is 79.9. The molecule has 1 aliphatic heterocycles. The van der Waals surface area contributed by atoms with Gasteiger partial charge in [0.15, 0.2) is 6.10 Å². The zero-order valence-electron chi connectivity index (χ0n) is 15.2. The molecule has 29 heavy (non-hydrogen) atoms. The Morgan fingerprint density at radius 3 is 2.34 bits per heavy atom. The number of rotatable bonds is 5. The molecule has 2 N–H and O–H groups in total. The van der Waals surface area contributed by atoms with Gasteiger partial charge in [-0.25, -0.2) is 0 Å². The van der Waals surface area contributed by atoms with Crippen LogP contribution in [0.1, 0.15) is 28.7 Å². The molecule has 0 saturated carbocycles. The quantitative estimate of drug-likeness (QED) is 0.416. The van der Waals surface area contributed by atoms with Crippen molar-refractivity contribution in [1.82, 2.24) is 5.43 Å². The van der Waals surface area contributed by atoms with Crippen LogP contribution in [0.15, 0.2) is 88.4 Å². The Morgan fingerprint density at radius 1 is 0.966 bits per heavy atom. The summed E-state index contributed by atoms with van der Waals surface area (Å²) in [6, 6.07) is 24.8. The van der Waals surface area contributed by atoms with Gasteiger partial charge in [0.2, 0.25) is 5.90 Å². The van der Waals surface area contributed by atoms with Crippen LogP contribution in [0.25, 0.3) is 0 Å². The standard InChI is InChI=1S/C22H18BrClN2O2S/c23-17-8-4-7-16(13-17)19(14-5-2-1-3-6-14)22(29)26-25-21(28-22)20(27)15-9-11-18(24)12-10-15/h1-13,19-20,26-27,29H/t19?,20?,22-/m0/s1. The highest BCUT2D eigenvalue weighted by Gasteiger charge is 2.45. The molecule has 4 rings (SSSR count). The van der Waals surface area contributed by atoms with Gasteiger partial charge >= 0.3 is 0 Å². The SMILES string of the molecule is OC(C1=NN[C@@](S)(C(c2ccccc2)c2cccc(Br)c2)O1)c1ccc(Cl)cc1. The van der Waals surface area contributed by atoms with Gasteiger partial charge < -0.3 is 9.84 Å². The lowest BCUT2D eigenvalue weighted by molar-refractivity contribution is 0.106. The lowest BCUT2D eigenvalue weighted by atomic mass is 9.89. The number of aliphatic hydroxyl groups excluding tert-OH is 1. The molecule has 2 unspecified atom stereocenters. The normalized spacial score (nSPS) is 20.3. The first-order valence-electron chi connectivity index (χ1n) is 8.96. The Balaban J connectivity index is 1.66. The van der Waals surface area contributed by atoms with Gasteiger partial charge in [-0.3, -0.25) is 5.43 Å². The zero-order chi connectivity index (χ0) is 20.4. The van der Waals surface area contributed by atoms with Crippen LogP contribution in [0.2, 0.25) is 5.02 Å². The summed E-state index contributed by atoms with van der Waals surface area (Å²) in [5, 5.41) is 14.4. The number of hydrogen-bond donors (Lipinski definition) is 3. The number of nitrogens with zero attached hydrogens (tertiary/aromatic N) is 1. The number of hydrazone groups is 1. The Kier molecular flexibility index (Phi) is 5.88. The largest absolute Gasteiger partial charge is 0.439 e. The summed E-state index contributed by atoms with van der Waals surface area (Å²) in [4.78, 5) is 0. The fourth-order valence-corrected chi connectivity index (χ4v) is 4.33. The molecule has 3 atom stereocenters. The van der Waals surface area contributed by atoms with E-state index in [0.717, 1.165) is 15.6 Å². The number of nitrogens with one attached hydrogen (secondary N) is 1. The summed E-state index contributed by atoms with van der Waals surface area (Å²) < 4.78 is 7.06. The molecule has 0 radical (unpaired) electrons. The molecule has 0 saturated heterocycles. The highest BCUT2D eigenvalue weighted by molar-refractivity contribution is 9.10.